The number of halogens is 2. The first-order valence-corrected chi connectivity index (χ1v) is 9.82. The number of nitriles is 1. The zero-order chi connectivity index (χ0) is 18.6. The molecule has 0 aliphatic heterocycles. The van der Waals surface area contributed by atoms with Crippen LogP contribution in [0.2, 0.25) is 10.0 Å². The molecule has 0 radical (unpaired) electrons. The molecule has 0 aromatic heterocycles. The number of para-hydroxylation sites is 1. The van der Waals surface area contributed by atoms with E-state index in [2.05, 4.69) is 0 Å². The summed E-state index contributed by atoms with van der Waals surface area (Å²) in [5.74, 6) is 0.505. The van der Waals surface area contributed by atoms with Crippen LogP contribution in [0.4, 0.5) is 0 Å². The van der Waals surface area contributed by atoms with Crippen molar-refractivity contribution in [1.29, 1.82) is 5.26 Å². The Morgan fingerprint density at radius 2 is 1.96 bits per heavy atom. The van der Waals surface area contributed by atoms with Gasteiger partial charge in [0.05, 0.1) is 17.2 Å². The predicted octanol–water partition coefficient (Wildman–Crippen LogP) is 4.50. The summed E-state index contributed by atoms with van der Waals surface area (Å²) in [4.78, 5) is -0.322. The SMILES string of the molecule is COc1c(/C=C(\C#N)S(C)(=O)=O)cccc1Cc1ccc(Cl)c(Cl)c1. The fourth-order valence-electron chi connectivity index (χ4n) is 2.34. The van der Waals surface area contributed by atoms with Crippen molar-refractivity contribution in [3.63, 3.8) is 0 Å². The van der Waals surface area contributed by atoms with E-state index >= 15 is 0 Å². The lowest BCUT2D eigenvalue weighted by Gasteiger charge is -2.12. The first kappa shape index (κ1) is 19.3. The van der Waals surface area contributed by atoms with Crippen LogP contribution in [0.1, 0.15) is 16.7 Å². The topological polar surface area (TPSA) is 67.2 Å². The van der Waals surface area contributed by atoms with Crippen LogP contribution in [0.15, 0.2) is 41.3 Å². The number of hydrogen-bond acceptors (Lipinski definition) is 4. The summed E-state index contributed by atoms with van der Waals surface area (Å²) in [6.07, 6.45) is 2.82. The van der Waals surface area contributed by atoms with E-state index < -0.39 is 9.84 Å². The molecular formula is C18H15Cl2NO3S. The number of methoxy groups -OCH3 is 1. The average Bonchev–Trinajstić information content (AvgIpc) is 2.55. The van der Waals surface area contributed by atoms with Crippen LogP contribution in [0.25, 0.3) is 6.08 Å². The highest BCUT2D eigenvalue weighted by atomic mass is 35.5. The van der Waals surface area contributed by atoms with Crippen molar-refractivity contribution in [3.8, 4) is 11.8 Å². The monoisotopic (exact) mass is 395 g/mol. The summed E-state index contributed by atoms with van der Waals surface area (Å²) in [6, 6.07) is 12.4. The summed E-state index contributed by atoms with van der Waals surface area (Å²) in [5, 5.41) is 10.0. The molecule has 0 bridgehead atoms. The number of hydrogen-bond donors (Lipinski definition) is 0. The van der Waals surface area contributed by atoms with E-state index in [1.165, 1.54) is 13.2 Å². The van der Waals surface area contributed by atoms with Gasteiger partial charge in [-0.3, -0.25) is 0 Å². The van der Waals surface area contributed by atoms with Crippen molar-refractivity contribution < 1.29 is 13.2 Å². The lowest BCUT2D eigenvalue weighted by atomic mass is 10.0. The highest BCUT2D eigenvalue weighted by Gasteiger charge is 2.14. The molecule has 0 heterocycles. The zero-order valence-corrected chi connectivity index (χ0v) is 15.9. The molecule has 0 amide bonds. The number of benzene rings is 2. The summed E-state index contributed by atoms with van der Waals surface area (Å²) >= 11 is 12.0. The molecule has 0 fully saturated rings. The van der Waals surface area contributed by atoms with Gasteiger partial charge in [0.2, 0.25) is 0 Å². The minimum Gasteiger partial charge on any atom is -0.496 e. The molecular weight excluding hydrogens is 381 g/mol. The third-order valence-electron chi connectivity index (χ3n) is 3.51. The summed E-state index contributed by atoms with van der Waals surface area (Å²) < 4.78 is 28.8. The summed E-state index contributed by atoms with van der Waals surface area (Å²) in [7, 11) is -2.11. The fourth-order valence-corrected chi connectivity index (χ4v) is 3.17. The molecule has 7 heteroatoms. The number of rotatable bonds is 5. The van der Waals surface area contributed by atoms with Crippen LogP contribution >= 0.6 is 23.2 Å². The smallest absolute Gasteiger partial charge is 0.185 e. The highest BCUT2D eigenvalue weighted by molar-refractivity contribution is 7.95. The molecule has 130 valence electrons. The number of nitrogens with zero attached hydrogens (tertiary/aromatic N) is 1. The maximum atomic E-state index is 11.7. The van der Waals surface area contributed by atoms with Crippen LogP contribution in [-0.2, 0) is 16.3 Å². The fraction of sp³-hybridized carbons (Fsp3) is 0.167. The molecule has 0 N–H and O–H groups in total. The van der Waals surface area contributed by atoms with Crippen molar-refractivity contribution in [1.82, 2.24) is 0 Å². The third kappa shape index (κ3) is 4.76. The van der Waals surface area contributed by atoms with E-state index in [4.69, 9.17) is 33.2 Å². The minimum absolute atomic E-state index is 0.322. The van der Waals surface area contributed by atoms with Crippen LogP contribution in [-0.4, -0.2) is 21.8 Å². The number of sulfone groups is 1. The van der Waals surface area contributed by atoms with Crippen LogP contribution in [0, 0.1) is 11.3 Å². The van der Waals surface area contributed by atoms with Crippen molar-refractivity contribution in [3.05, 3.63) is 68.0 Å². The minimum atomic E-state index is -3.61. The van der Waals surface area contributed by atoms with Crippen LogP contribution in [0.5, 0.6) is 5.75 Å². The molecule has 4 nitrogen and oxygen atoms in total. The molecule has 0 unspecified atom stereocenters. The largest absolute Gasteiger partial charge is 0.496 e. The Bertz CT molecular complexity index is 976. The normalized spacial score (nSPS) is 11.9. The van der Waals surface area contributed by atoms with Gasteiger partial charge in [-0.1, -0.05) is 47.5 Å². The van der Waals surface area contributed by atoms with Gasteiger partial charge in [0.1, 0.15) is 16.7 Å². The van der Waals surface area contributed by atoms with Gasteiger partial charge in [-0.15, -0.1) is 0 Å². The van der Waals surface area contributed by atoms with Crippen molar-refractivity contribution in [2.24, 2.45) is 0 Å². The van der Waals surface area contributed by atoms with E-state index in [1.807, 2.05) is 12.1 Å². The van der Waals surface area contributed by atoms with Gasteiger partial charge < -0.3 is 4.74 Å². The Morgan fingerprint density at radius 3 is 2.52 bits per heavy atom. The summed E-state index contributed by atoms with van der Waals surface area (Å²) in [5.41, 5.74) is 2.28. The van der Waals surface area contributed by atoms with Crippen molar-refractivity contribution in [2.45, 2.75) is 6.42 Å². The second-order valence-corrected chi connectivity index (χ2v) is 8.16. The van der Waals surface area contributed by atoms with Gasteiger partial charge in [0, 0.05) is 18.2 Å². The van der Waals surface area contributed by atoms with E-state index in [1.54, 1.807) is 30.3 Å². The molecule has 0 saturated carbocycles. The van der Waals surface area contributed by atoms with E-state index in [-0.39, 0.29) is 4.91 Å². The predicted molar refractivity (Wildman–Crippen MR) is 101 cm³/mol. The lowest BCUT2D eigenvalue weighted by molar-refractivity contribution is 0.409. The van der Waals surface area contributed by atoms with E-state index in [0.717, 1.165) is 17.4 Å². The molecule has 25 heavy (non-hydrogen) atoms. The van der Waals surface area contributed by atoms with Crippen molar-refractivity contribution in [2.75, 3.05) is 13.4 Å². The quantitative estimate of drug-likeness (QED) is 0.698. The lowest BCUT2D eigenvalue weighted by Crippen LogP contribution is -2.00. The molecule has 2 rings (SSSR count). The first-order chi connectivity index (χ1) is 11.8. The molecule has 0 aliphatic carbocycles. The highest BCUT2D eigenvalue weighted by Crippen LogP contribution is 2.30. The zero-order valence-electron chi connectivity index (χ0n) is 13.6. The van der Waals surface area contributed by atoms with Crippen LogP contribution < -0.4 is 4.74 Å². The van der Waals surface area contributed by atoms with E-state index in [0.29, 0.717) is 27.8 Å². The standard InChI is InChI=1S/C18H15Cl2NO3S/c1-24-18-13(8-12-6-7-16(19)17(20)9-12)4-3-5-14(18)10-15(11-21)25(2,22)23/h3-7,9-10H,8H2,1-2H3/b15-10+. The second-order valence-electron chi connectivity index (χ2n) is 5.36. The maximum absolute atomic E-state index is 11.7. The molecule has 0 atom stereocenters. The molecule has 0 aliphatic rings. The number of ether oxygens (including phenoxy) is 1. The third-order valence-corrected chi connectivity index (χ3v) is 5.25. The Kier molecular flexibility index (Phi) is 6.12. The van der Waals surface area contributed by atoms with Crippen molar-refractivity contribution >= 4 is 39.1 Å². The number of allylic oxidation sites excluding steroid dienone is 1. The first-order valence-electron chi connectivity index (χ1n) is 7.18. The van der Waals surface area contributed by atoms with Gasteiger partial charge in [-0.05, 0) is 29.3 Å². The summed E-state index contributed by atoms with van der Waals surface area (Å²) in [6.45, 7) is 0. The molecule has 2 aromatic rings. The van der Waals surface area contributed by atoms with Crippen LogP contribution in [0.3, 0.4) is 0 Å². The van der Waals surface area contributed by atoms with Gasteiger partial charge in [0.25, 0.3) is 0 Å². The Morgan fingerprint density at radius 1 is 1.24 bits per heavy atom. The molecule has 2 aromatic carbocycles. The maximum Gasteiger partial charge on any atom is 0.185 e. The Labute approximate surface area is 157 Å². The molecule has 0 spiro atoms. The van der Waals surface area contributed by atoms with Gasteiger partial charge in [-0.2, -0.15) is 5.26 Å². The molecule has 0 saturated heterocycles. The van der Waals surface area contributed by atoms with Gasteiger partial charge >= 0.3 is 0 Å². The van der Waals surface area contributed by atoms with Gasteiger partial charge in [-0.25, -0.2) is 8.42 Å². The Hall–Kier alpha value is -2.00. The average molecular weight is 396 g/mol. The Balaban J connectivity index is 2.50. The van der Waals surface area contributed by atoms with E-state index in [9.17, 15) is 8.42 Å². The van der Waals surface area contributed by atoms with Gasteiger partial charge in [0.15, 0.2) is 9.84 Å². The second kappa shape index (κ2) is 7.92.